The standard InChI is InChI=1S/C21H38N4O3/c1-20(2,3)16-24-9-8-22-19(27)17(24)14-18(26)23-15-21(6-4-5-7-21)25-10-12-28-13-11-25/h17H,4-16H2,1-3H3,(H,22,27)(H,23,26). The van der Waals surface area contributed by atoms with Crippen LogP contribution >= 0.6 is 0 Å². The molecule has 0 spiro atoms. The van der Waals surface area contributed by atoms with E-state index in [-0.39, 0.29) is 35.2 Å². The van der Waals surface area contributed by atoms with Crippen LogP contribution in [0, 0.1) is 5.41 Å². The number of morpholine rings is 1. The minimum atomic E-state index is -0.365. The first-order valence-electron chi connectivity index (χ1n) is 10.9. The molecule has 7 nitrogen and oxygen atoms in total. The van der Waals surface area contributed by atoms with Gasteiger partial charge in [-0.25, -0.2) is 0 Å². The lowest BCUT2D eigenvalue weighted by atomic mass is 9.93. The van der Waals surface area contributed by atoms with E-state index in [1.807, 2.05) is 0 Å². The van der Waals surface area contributed by atoms with Gasteiger partial charge in [-0.15, -0.1) is 0 Å². The molecule has 3 aliphatic rings. The van der Waals surface area contributed by atoms with Crippen LogP contribution in [-0.4, -0.2) is 85.7 Å². The van der Waals surface area contributed by atoms with E-state index in [0.29, 0.717) is 13.1 Å². The van der Waals surface area contributed by atoms with E-state index in [0.717, 1.165) is 52.2 Å². The van der Waals surface area contributed by atoms with Crippen molar-refractivity contribution in [3.05, 3.63) is 0 Å². The van der Waals surface area contributed by atoms with Crippen LogP contribution in [0.15, 0.2) is 0 Å². The maximum Gasteiger partial charge on any atom is 0.237 e. The van der Waals surface area contributed by atoms with Gasteiger partial charge in [-0.3, -0.25) is 19.4 Å². The number of ether oxygens (including phenoxy) is 1. The van der Waals surface area contributed by atoms with Gasteiger partial charge in [-0.05, 0) is 18.3 Å². The van der Waals surface area contributed by atoms with Gasteiger partial charge in [0.25, 0.3) is 0 Å². The molecule has 0 aromatic rings. The maximum absolute atomic E-state index is 12.8. The molecule has 2 heterocycles. The van der Waals surface area contributed by atoms with Crippen molar-refractivity contribution in [1.82, 2.24) is 20.4 Å². The summed E-state index contributed by atoms with van der Waals surface area (Å²) in [6, 6.07) is -0.365. The number of carbonyl (C=O) groups excluding carboxylic acids is 2. The lowest BCUT2D eigenvalue weighted by Gasteiger charge is -2.43. The van der Waals surface area contributed by atoms with Gasteiger partial charge >= 0.3 is 0 Å². The van der Waals surface area contributed by atoms with Crippen molar-refractivity contribution in [2.24, 2.45) is 5.41 Å². The fourth-order valence-electron chi connectivity index (χ4n) is 4.97. The smallest absolute Gasteiger partial charge is 0.237 e. The summed E-state index contributed by atoms with van der Waals surface area (Å²) in [6.07, 6.45) is 4.94. The molecule has 3 rings (SSSR count). The lowest BCUT2D eigenvalue weighted by Crippen LogP contribution is -2.59. The van der Waals surface area contributed by atoms with Gasteiger partial charge in [-0.1, -0.05) is 33.6 Å². The highest BCUT2D eigenvalue weighted by molar-refractivity contribution is 5.88. The molecular weight excluding hydrogens is 356 g/mol. The van der Waals surface area contributed by atoms with Crippen molar-refractivity contribution in [2.75, 3.05) is 52.5 Å². The third-order valence-electron chi connectivity index (χ3n) is 6.33. The predicted molar refractivity (Wildman–Crippen MR) is 109 cm³/mol. The Hall–Kier alpha value is -1.18. The number of rotatable bonds is 6. The molecule has 2 N–H and O–H groups in total. The third-order valence-corrected chi connectivity index (χ3v) is 6.33. The number of hydrogen-bond acceptors (Lipinski definition) is 5. The Morgan fingerprint density at radius 2 is 1.89 bits per heavy atom. The third kappa shape index (κ3) is 5.45. The second kappa shape index (κ2) is 9.09. The largest absolute Gasteiger partial charge is 0.379 e. The fourth-order valence-corrected chi connectivity index (χ4v) is 4.97. The maximum atomic E-state index is 12.8. The lowest BCUT2D eigenvalue weighted by molar-refractivity contribution is -0.134. The van der Waals surface area contributed by atoms with Gasteiger partial charge < -0.3 is 15.4 Å². The zero-order chi connectivity index (χ0) is 20.2. The Labute approximate surface area is 169 Å². The summed E-state index contributed by atoms with van der Waals surface area (Å²) in [4.78, 5) is 29.9. The second-order valence-corrected chi connectivity index (χ2v) is 9.85. The Bertz CT molecular complexity index is 548. The number of hydrogen-bond donors (Lipinski definition) is 2. The molecule has 0 aromatic carbocycles. The monoisotopic (exact) mass is 394 g/mol. The molecule has 1 unspecified atom stereocenters. The average molecular weight is 395 g/mol. The van der Waals surface area contributed by atoms with Gasteiger partial charge in [0.1, 0.15) is 0 Å². The topological polar surface area (TPSA) is 73.9 Å². The predicted octanol–water partition coefficient (Wildman–Crippen LogP) is 0.984. The molecule has 0 bridgehead atoms. The van der Waals surface area contributed by atoms with E-state index in [1.54, 1.807) is 0 Å². The number of piperazine rings is 1. The number of nitrogens with one attached hydrogen (secondary N) is 2. The normalized spacial score (nSPS) is 26.8. The van der Waals surface area contributed by atoms with Crippen molar-refractivity contribution in [3.8, 4) is 0 Å². The van der Waals surface area contributed by atoms with Crippen molar-refractivity contribution < 1.29 is 14.3 Å². The van der Waals surface area contributed by atoms with Crippen LogP contribution < -0.4 is 10.6 Å². The first-order valence-corrected chi connectivity index (χ1v) is 10.9. The summed E-state index contributed by atoms with van der Waals surface area (Å²) in [5, 5.41) is 6.11. The SMILES string of the molecule is CC(C)(C)CN1CCNC(=O)C1CC(=O)NCC1(N2CCOCC2)CCCC1. The van der Waals surface area contributed by atoms with Crippen LogP contribution in [0.25, 0.3) is 0 Å². The van der Waals surface area contributed by atoms with Crippen LogP contribution in [-0.2, 0) is 14.3 Å². The molecule has 160 valence electrons. The van der Waals surface area contributed by atoms with E-state index in [2.05, 4.69) is 41.2 Å². The summed E-state index contributed by atoms with van der Waals surface area (Å²) < 4.78 is 5.51. The summed E-state index contributed by atoms with van der Waals surface area (Å²) >= 11 is 0. The molecule has 0 radical (unpaired) electrons. The van der Waals surface area contributed by atoms with Gasteiger partial charge in [-0.2, -0.15) is 0 Å². The van der Waals surface area contributed by atoms with E-state index in [4.69, 9.17) is 4.74 Å². The molecule has 28 heavy (non-hydrogen) atoms. The molecular formula is C21H38N4O3. The minimum Gasteiger partial charge on any atom is -0.379 e. The second-order valence-electron chi connectivity index (χ2n) is 9.85. The molecule has 2 aliphatic heterocycles. The zero-order valence-electron chi connectivity index (χ0n) is 17.9. The van der Waals surface area contributed by atoms with E-state index in [1.165, 1.54) is 12.8 Å². The first-order chi connectivity index (χ1) is 13.3. The molecule has 2 saturated heterocycles. The van der Waals surface area contributed by atoms with Crippen molar-refractivity contribution >= 4 is 11.8 Å². The van der Waals surface area contributed by atoms with Gasteiger partial charge in [0.05, 0.1) is 25.7 Å². The van der Waals surface area contributed by atoms with Gasteiger partial charge in [0.15, 0.2) is 0 Å². The van der Waals surface area contributed by atoms with E-state index in [9.17, 15) is 9.59 Å². The minimum absolute atomic E-state index is 0.0134. The zero-order valence-corrected chi connectivity index (χ0v) is 17.9. The van der Waals surface area contributed by atoms with Crippen molar-refractivity contribution in [1.29, 1.82) is 0 Å². The number of carbonyl (C=O) groups is 2. The van der Waals surface area contributed by atoms with Gasteiger partial charge in [0.2, 0.25) is 11.8 Å². The number of amides is 2. The molecule has 1 atom stereocenters. The summed E-state index contributed by atoms with van der Waals surface area (Å²) in [6.45, 7) is 12.9. The Morgan fingerprint density at radius 3 is 2.54 bits per heavy atom. The Morgan fingerprint density at radius 1 is 1.21 bits per heavy atom. The van der Waals surface area contributed by atoms with Crippen LogP contribution in [0.5, 0.6) is 0 Å². The van der Waals surface area contributed by atoms with E-state index >= 15 is 0 Å². The molecule has 0 aromatic heterocycles. The molecule has 7 heteroatoms. The van der Waals surface area contributed by atoms with Gasteiger partial charge in [0, 0.05) is 44.8 Å². The van der Waals surface area contributed by atoms with Crippen LogP contribution in [0.4, 0.5) is 0 Å². The van der Waals surface area contributed by atoms with Crippen LogP contribution in [0.2, 0.25) is 0 Å². The number of nitrogens with zero attached hydrogens (tertiary/aromatic N) is 2. The highest BCUT2D eigenvalue weighted by Gasteiger charge is 2.41. The summed E-state index contributed by atoms with van der Waals surface area (Å²) in [5.41, 5.74) is 0.163. The molecule has 3 fully saturated rings. The first kappa shape index (κ1) is 21.5. The average Bonchev–Trinajstić information content (AvgIpc) is 3.13. The Kier molecular flexibility index (Phi) is 6.99. The molecule has 1 aliphatic carbocycles. The van der Waals surface area contributed by atoms with E-state index < -0.39 is 0 Å². The van der Waals surface area contributed by atoms with Crippen molar-refractivity contribution in [2.45, 2.75) is 64.5 Å². The fraction of sp³-hybridized carbons (Fsp3) is 0.905. The molecule has 1 saturated carbocycles. The highest BCUT2D eigenvalue weighted by atomic mass is 16.5. The summed E-state index contributed by atoms with van der Waals surface area (Å²) in [5.74, 6) is -0.0325. The van der Waals surface area contributed by atoms with Crippen LogP contribution in [0.3, 0.4) is 0 Å². The molecule has 2 amide bonds. The highest BCUT2D eigenvalue weighted by Crippen LogP contribution is 2.35. The quantitative estimate of drug-likeness (QED) is 0.703. The summed E-state index contributed by atoms with van der Waals surface area (Å²) in [7, 11) is 0. The van der Waals surface area contributed by atoms with Crippen LogP contribution in [0.1, 0.15) is 52.9 Å². The Balaban J connectivity index is 1.57. The van der Waals surface area contributed by atoms with Crippen molar-refractivity contribution in [3.63, 3.8) is 0 Å².